The minimum absolute atomic E-state index is 0.148. The third-order valence-corrected chi connectivity index (χ3v) is 3.02. The monoisotopic (exact) mass is 279 g/mol. The molecule has 0 unspecified atom stereocenters. The van der Waals surface area contributed by atoms with Crippen LogP contribution in [0.25, 0.3) is 0 Å². The van der Waals surface area contributed by atoms with Gasteiger partial charge < -0.3 is 20.7 Å². The fourth-order valence-electron chi connectivity index (χ4n) is 1.84. The molecule has 0 bridgehead atoms. The molecule has 0 atom stereocenters. The summed E-state index contributed by atoms with van der Waals surface area (Å²) in [6, 6.07) is 0. The fourth-order valence-corrected chi connectivity index (χ4v) is 1.84. The third-order valence-electron chi connectivity index (χ3n) is 3.02. The van der Waals surface area contributed by atoms with Gasteiger partial charge in [0, 0.05) is 25.6 Å². The van der Waals surface area contributed by atoms with Crippen molar-refractivity contribution < 1.29 is 9.53 Å². The van der Waals surface area contributed by atoms with Gasteiger partial charge in [-0.3, -0.25) is 4.79 Å². The summed E-state index contributed by atoms with van der Waals surface area (Å²) in [6.45, 7) is 3.91. The van der Waals surface area contributed by atoms with Gasteiger partial charge in [-0.2, -0.15) is 0 Å². The molecule has 110 valence electrons. The van der Waals surface area contributed by atoms with Gasteiger partial charge in [-0.15, -0.1) is 0 Å². The quantitative estimate of drug-likeness (QED) is 0.612. The van der Waals surface area contributed by atoms with Crippen LogP contribution in [0.5, 0.6) is 5.75 Å². The Bertz CT molecular complexity index is 462. The van der Waals surface area contributed by atoms with Crippen LogP contribution in [-0.4, -0.2) is 42.6 Å². The first-order chi connectivity index (χ1) is 9.76. The first-order valence-electron chi connectivity index (χ1n) is 6.90. The van der Waals surface area contributed by atoms with Crippen LogP contribution in [0.1, 0.15) is 19.8 Å². The summed E-state index contributed by atoms with van der Waals surface area (Å²) >= 11 is 0. The van der Waals surface area contributed by atoms with Crippen LogP contribution < -0.4 is 20.7 Å². The lowest BCUT2D eigenvalue weighted by molar-refractivity contribution is -0.122. The van der Waals surface area contributed by atoms with Gasteiger partial charge >= 0.3 is 0 Å². The van der Waals surface area contributed by atoms with Crippen molar-refractivity contribution >= 4 is 17.5 Å². The average Bonchev–Trinajstić information content (AvgIpc) is 3.28. The Morgan fingerprint density at radius 1 is 1.30 bits per heavy atom. The van der Waals surface area contributed by atoms with E-state index in [0.717, 1.165) is 19.4 Å². The van der Waals surface area contributed by atoms with Crippen molar-refractivity contribution in [3.63, 3.8) is 0 Å². The van der Waals surface area contributed by atoms with E-state index in [-0.39, 0.29) is 11.8 Å². The number of aromatic nitrogens is 2. The zero-order valence-electron chi connectivity index (χ0n) is 11.9. The standard InChI is InChI=1S/C13H21N5O2/c1-3-14-11-10(20-2)12(18-8-17-11)15-6-7-16-13(19)9-4-5-9/h8-9H,3-7H2,1-2H3,(H,16,19)(H2,14,15,17,18). The minimum Gasteiger partial charge on any atom is -0.490 e. The molecule has 0 saturated heterocycles. The highest BCUT2D eigenvalue weighted by Crippen LogP contribution is 2.29. The Morgan fingerprint density at radius 3 is 2.60 bits per heavy atom. The number of hydrogen-bond acceptors (Lipinski definition) is 6. The lowest BCUT2D eigenvalue weighted by atomic mass is 10.4. The van der Waals surface area contributed by atoms with Gasteiger partial charge in [0.25, 0.3) is 0 Å². The molecule has 3 N–H and O–H groups in total. The second-order valence-corrected chi connectivity index (χ2v) is 4.63. The molecule has 0 radical (unpaired) electrons. The number of rotatable bonds is 8. The summed E-state index contributed by atoms with van der Waals surface area (Å²) in [5, 5.41) is 9.15. The summed E-state index contributed by atoms with van der Waals surface area (Å²) in [4.78, 5) is 19.8. The predicted octanol–water partition coefficient (Wildman–Crippen LogP) is 0.855. The zero-order chi connectivity index (χ0) is 14.4. The van der Waals surface area contributed by atoms with E-state index in [4.69, 9.17) is 4.74 Å². The molecule has 1 heterocycles. The van der Waals surface area contributed by atoms with Crippen molar-refractivity contribution in [1.29, 1.82) is 0 Å². The SMILES string of the molecule is CCNc1ncnc(NCCNC(=O)C2CC2)c1OC. The normalized spacial score (nSPS) is 13.7. The summed E-state index contributed by atoms with van der Waals surface area (Å²) in [6.07, 6.45) is 3.52. The van der Waals surface area contributed by atoms with Crippen LogP contribution >= 0.6 is 0 Å². The molecule has 1 saturated carbocycles. The number of carbonyl (C=O) groups is 1. The highest BCUT2D eigenvalue weighted by atomic mass is 16.5. The first-order valence-corrected chi connectivity index (χ1v) is 6.90. The Labute approximate surface area is 118 Å². The fraction of sp³-hybridized carbons (Fsp3) is 0.615. The van der Waals surface area contributed by atoms with Crippen molar-refractivity contribution in [2.45, 2.75) is 19.8 Å². The van der Waals surface area contributed by atoms with E-state index in [2.05, 4.69) is 25.9 Å². The van der Waals surface area contributed by atoms with E-state index in [1.807, 2.05) is 6.92 Å². The molecule has 0 spiro atoms. The third kappa shape index (κ3) is 3.72. The number of ether oxygens (including phenoxy) is 1. The predicted molar refractivity (Wildman–Crippen MR) is 77.0 cm³/mol. The maximum atomic E-state index is 11.5. The number of carbonyl (C=O) groups excluding carboxylic acids is 1. The van der Waals surface area contributed by atoms with Crippen molar-refractivity contribution in [2.75, 3.05) is 37.4 Å². The van der Waals surface area contributed by atoms with Crippen LogP contribution in [0.3, 0.4) is 0 Å². The molecule has 1 aromatic heterocycles. The highest BCUT2D eigenvalue weighted by molar-refractivity contribution is 5.80. The zero-order valence-corrected chi connectivity index (χ0v) is 11.9. The molecule has 1 amide bonds. The number of amides is 1. The van der Waals surface area contributed by atoms with E-state index < -0.39 is 0 Å². The number of hydrogen-bond donors (Lipinski definition) is 3. The second-order valence-electron chi connectivity index (χ2n) is 4.63. The summed E-state index contributed by atoms with van der Waals surface area (Å²) < 4.78 is 5.32. The topological polar surface area (TPSA) is 88.2 Å². The molecule has 0 aliphatic heterocycles. The lowest BCUT2D eigenvalue weighted by Crippen LogP contribution is -2.30. The van der Waals surface area contributed by atoms with Crippen LogP contribution in [0, 0.1) is 5.92 Å². The molecule has 0 aromatic carbocycles. The Balaban J connectivity index is 1.84. The molecule has 1 aliphatic carbocycles. The van der Waals surface area contributed by atoms with E-state index in [9.17, 15) is 4.79 Å². The lowest BCUT2D eigenvalue weighted by Gasteiger charge is -2.13. The smallest absolute Gasteiger partial charge is 0.223 e. The Morgan fingerprint density at radius 2 is 2.00 bits per heavy atom. The summed E-state index contributed by atoms with van der Waals surface area (Å²) in [7, 11) is 1.58. The van der Waals surface area contributed by atoms with Gasteiger partial charge in [-0.05, 0) is 19.8 Å². The van der Waals surface area contributed by atoms with Crippen LogP contribution in [0.2, 0.25) is 0 Å². The molecule has 2 rings (SSSR count). The maximum Gasteiger partial charge on any atom is 0.223 e. The van der Waals surface area contributed by atoms with Crippen molar-refractivity contribution in [3.8, 4) is 5.75 Å². The maximum absolute atomic E-state index is 11.5. The molecular formula is C13H21N5O2. The Kier molecular flexibility index (Phi) is 4.97. The largest absolute Gasteiger partial charge is 0.490 e. The van der Waals surface area contributed by atoms with Crippen LogP contribution in [0.15, 0.2) is 6.33 Å². The van der Waals surface area contributed by atoms with E-state index in [1.165, 1.54) is 6.33 Å². The molecule has 20 heavy (non-hydrogen) atoms. The molecule has 1 fully saturated rings. The molecular weight excluding hydrogens is 258 g/mol. The Hall–Kier alpha value is -2.05. The van der Waals surface area contributed by atoms with Crippen LogP contribution in [-0.2, 0) is 4.79 Å². The summed E-state index contributed by atoms with van der Waals surface area (Å²) in [5.74, 6) is 2.26. The van der Waals surface area contributed by atoms with E-state index in [1.54, 1.807) is 7.11 Å². The van der Waals surface area contributed by atoms with Crippen LogP contribution in [0.4, 0.5) is 11.6 Å². The van der Waals surface area contributed by atoms with Crippen molar-refractivity contribution in [1.82, 2.24) is 15.3 Å². The first kappa shape index (κ1) is 14.4. The van der Waals surface area contributed by atoms with E-state index >= 15 is 0 Å². The number of anilines is 2. The van der Waals surface area contributed by atoms with E-state index in [0.29, 0.717) is 30.5 Å². The molecule has 7 nitrogen and oxygen atoms in total. The molecule has 7 heteroatoms. The molecule has 1 aromatic rings. The van der Waals surface area contributed by atoms with Crippen molar-refractivity contribution in [2.24, 2.45) is 5.92 Å². The average molecular weight is 279 g/mol. The van der Waals surface area contributed by atoms with Gasteiger partial charge in [0.2, 0.25) is 11.7 Å². The van der Waals surface area contributed by atoms with Gasteiger partial charge in [0.1, 0.15) is 6.33 Å². The number of methoxy groups -OCH3 is 1. The number of nitrogens with zero attached hydrogens (tertiary/aromatic N) is 2. The highest BCUT2D eigenvalue weighted by Gasteiger charge is 2.28. The molecule has 1 aliphatic rings. The van der Waals surface area contributed by atoms with Gasteiger partial charge in [0.05, 0.1) is 7.11 Å². The van der Waals surface area contributed by atoms with Gasteiger partial charge in [-0.1, -0.05) is 0 Å². The van der Waals surface area contributed by atoms with Gasteiger partial charge in [-0.25, -0.2) is 9.97 Å². The van der Waals surface area contributed by atoms with Gasteiger partial charge in [0.15, 0.2) is 11.6 Å². The number of nitrogens with one attached hydrogen (secondary N) is 3. The second kappa shape index (κ2) is 6.93. The minimum atomic E-state index is 0.148. The summed E-state index contributed by atoms with van der Waals surface area (Å²) in [5.41, 5.74) is 0. The van der Waals surface area contributed by atoms with Crippen molar-refractivity contribution in [3.05, 3.63) is 6.33 Å².